The van der Waals surface area contributed by atoms with Crippen molar-refractivity contribution in [3.05, 3.63) is 50.9 Å². The Morgan fingerprint density at radius 1 is 0.900 bits per heavy atom. The molecule has 0 radical (unpaired) electrons. The predicted octanol–water partition coefficient (Wildman–Crippen LogP) is 4.84. The fourth-order valence-corrected chi connectivity index (χ4v) is 2.47. The lowest BCUT2D eigenvalue weighted by molar-refractivity contribution is 0.355. The summed E-state index contributed by atoms with van der Waals surface area (Å²) in [5, 5.41) is 3.36. The van der Waals surface area contributed by atoms with Gasteiger partial charge in [0.2, 0.25) is 0 Å². The van der Waals surface area contributed by atoms with E-state index in [0.29, 0.717) is 0 Å². The zero-order valence-electron chi connectivity index (χ0n) is 11.2. The van der Waals surface area contributed by atoms with Crippen molar-refractivity contribution >= 4 is 37.5 Å². The van der Waals surface area contributed by atoms with Crippen molar-refractivity contribution in [3.63, 3.8) is 0 Å². The van der Waals surface area contributed by atoms with Crippen LogP contribution in [0.2, 0.25) is 0 Å². The second kappa shape index (κ2) is 6.99. The first-order valence-electron chi connectivity index (χ1n) is 6.04. The first-order chi connectivity index (χ1) is 9.63. The van der Waals surface area contributed by atoms with Gasteiger partial charge in [-0.3, -0.25) is 0 Å². The third kappa shape index (κ3) is 3.67. The van der Waals surface area contributed by atoms with Crippen LogP contribution in [0.3, 0.4) is 0 Å². The first kappa shape index (κ1) is 15.2. The lowest BCUT2D eigenvalue weighted by Gasteiger charge is -2.11. The van der Waals surface area contributed by atoms with Crippen molar-refractivity contribution in [2.45, 2.75) is 6.54 Å². The highest BCUT2D eigenvalue weighted by atomic mass is 79.9. The van der Waals surface area contributed by atoms with Crippen LogP contribution in [0.4, 0.5) is 5.69 Å². The molecule has 0 atom stereocenters. The molecule has 0 fully saturated rings. The number of nitrogens with one attached hydrogen (secondary N) is 1. The highest BCUT2D eigenvalue weighted by molar-refractivity contribution is 9.13. The number of hydrogen-bond donors (Lipinski definition) is 1. The standard InChI is InChI=1S/C15H15Br2NO2/c1-19-14-6-4-11(8-15(14)20-2)18-9-10-3-5-12(16)13(17)7-10/h3-8,18H,9H2,1-2H3. The first-order valence-corrected chi connectivity index (χ1v) is 7.62. The molecule has 0 aliphatic heterocycles. The largest absolute Gasteiger partial charge is 0.493 e. The summed E-state index contributed by atoms with van der Waals surface area (Å²) in [6.07, 6.45) is 0. The Morgan fingerprint density at radius 2 is 1.65 bits per heavy atom. The smallest absolute Gasteiger partial charge is 0.162 e. The Bertz CT molecular complexity index is 602. The van der Waals surface area contributed by atoms with Gasteiger partial charge in [-0.2, -0.15) is 0 Å². The third-order valence-corrected chi connectivity index (χ3v) is 4.74. The summed E-state index contributed by atoms with van der Waals surface area (Å²) in [7, 11) is 3.26. The molecule has 2 aromatic carbocycles. The summed E-state index contributed by atoms with van der Waals surface area (Å²) in [6.45, 7) is 0.737. The van der Waals surface area contributed by atoms with Crippen molar-refractivity contribution in [3.8, 4) is 11.5 Å². The molecule has 106 valence electrons. The second-order valence-corrected chi connectivity index (χ2v) is 5.88. The number of anilines is 1. The summed E-state index contributed by atoms with van der Waals surface area (Å²) >= 11 is 6.97. The molecular weight excluding hydrogens is 386 g/mol. The lowest BCUT2D eigenvalue weighted by atomic mass is 10.2. The molecule has 0 spiro atoms. The van der Waals surface area contributed by atoms with E-state index in [1.807, 2.05) is 24.3 Å². The topological polar surface area (TPSA) is 30.5 Å². The molecule has 0 saturated carbocycles. The number of rotatable bonds is 5. The minimum Gasteiger partial charge on any atom is -0.493 e. The molecule has 0 aliphatic carbocycles. The van der Waals surface area contributed by atoms with Gasteiger partial charge < -0.3 is 14.8 Å². The fourth-order valence-electron chi connectivity index (χ4n) is 1.80. The summed E-state index contributed by atoms with van der Waals surface area (Å²) in [4.78, 5) is 0. The maximum Gasteiger partial charge on any atom is 0.162 e. The van der Waals surface area contributed by atoms with E-state index >= 15 is 0 Å². The third-order valence-electron chi connectivity index (χ3n) is 2.86. The normalized spacial score (nSPS) is 10.2. The molecule has 0 bridgehead atoms. The van der Waals surface area contributed by atoms with Crippen molar-refractivity contribution in [1.29, 1.82) is 0 Å². The van der Waals surface area contributed by atoms with Gasteiger partial charge in [0, 0.05) is 27.2 Å². The Balaban J connectivity index is 2.08. The summed E-state index contributed by atoms with van der Waals surface area (Å²) in [5.74, 6) is 1.44. The minimum absolute atomic E-state index is 0.717. The lowest BCUT2D eigenvalue weighted by Crippen LogP contribution is -2.00. The van der Waals surface area contributed by atoms with E-state index in [0.717, 1.165) is 32.7 Å². The molecule has 0 saturated heterocycles. The van der Waals surface area contributed by atoms with Crippen LogP contribution < -0.4 is 14.8 Å². The van der Waals surface area contributed by atoms with Gasteiger partial charge in [-0.25, -0.2) is 0 Å². The second-order valence-electron chi connectivity index (χ2n) is 4.17. The van der Waals surface area contributed by atoms with Gasteiger partial charge in [-0.05, 0) is 61.7 Å². The Labute approximate surface area is 135 Å². The minimum atomic E-state index is 0.717. The van der Waals surface area contributed by atoms with Crippen LogP contribution in [0.15, 0.2) is 45.3 Å². The molecule has 2 rings (SSSR count). The number of benzene rings is 2. The van der Waals surface area contributed by atoms with Gasteiger partial charge in [0.1, 0.15) is 0 Å². The SMILES string of the molecule is COc1ccc(NCc2ccc(Br)c(Br)c2)cc1OC. The van der Waals surface area contributed by atoms with Crippen LogP contribution in [0.1, 0.15) is 5.56 Å². The fraction of sp³-hybridized carbons (Fsp3) is 0.200. The summed E-state index contributed by atoms with van der Waals surface area (Å²) < 4.78 is 12.6. The quantitative estimate of drug-likeness (QED) is 0.778. The van der Waals surface area contributed by atoms with Crippen molar-refractivity contribution < 1.29 is 9.47 Å². The highest BCUT2D eigenvalue weighted by Gasteiger charge is 2.04. The summed E-state index contributed by atoms with van der Waals surface area (Å²) in [6, 6.07) is 12.0. The van der Waals surface area contributed by atoms with Gasteiger partial charge in [-0.15, -0.1) is 0 Å². The van der Waals surface area contributed by atoms with Crippen molar-refractivity contribution in [1.82, 2.24) is 0 Å². The van der Waals surface area contributed by atoms with Crippen LogP contribution in [-0.2, 0) is 6.54 Å². The average Bonchev–Trinajstić information content (AvgIpc) is 2.48. The van der Waals surface area contributed by atoms with E-state index in [2.05, 4.69) is 49.3 Å². The van der Waals surface area contributed by atoms with Crippen LogP contribution >= 0.6 is 31.9 Å². The van der Waals surface area contributed by atoms with E-state index in [1.54, 1.807) is 14.2 Å². The molecule has 0 aromatic heterocycles. The average molecular weight is 401 g/mol. The number of hydrogen-bond acceptors (Lipinski definition) is 3. The van der Waals surface area contributed by atoms with Crippen LogP contribution in [0.5, 0.6) is 11.5 Å². The molecule has 0 aliphatic rings. The molecule has 5 heteroatoms. The van der Waals surface area contributed by atoms with Crippen molar-refractivity contribution in [2.75, 3.05) is 19.5 Å². The van der Waals surface area contributed by atoms with Crippen LogP contribution in [0.25, 0.3) is 0 Å². The molecule has 0 heterocycles. The predicted molar refractivity (Wildman–Crippen MR) is 88.7 cm³/mol. The van der Waals surface area contributed by atoms with Crippen LogP contribution in [0, 0.1) is 0 Å². The number of halogens is 2. The molecule has 0 unspecified atom stereocenters. The molecule has 2 aromatic rings. The van der Waals surface area contributed by atoms with E-state index in [1.165, 1.54) is 5.56 Å². The molecule has 0 amide bonds. The van der Waals surface area contributed by atoms with Gasteiger partial charge in [0.15, 0.2) is 11.5 Å². The van der Waals surface area contributed by atoms with Gasteiger partial charge >= 0.3 is 0 Å². The Morgan fingerprint density at radius 3 is 2.30 bits per heavy atom. The van der Waals surface area contributed by atoms with E-state index < -0.39 is 0 Å². The van der Waals surface area contributed by atoms with Crippen LogP contribution in [-0.4, -0.2) is 14.2 Å². The zero-order valence-corrected chi connectivity index (χ0v) is 14.4. The maximum absolute atomic E-state index is 5.29. The molecule has 3 nitrogen and oxygen atoms in total. The molecular formula is C15H15Br2NO2. The van der Waals surface area contributed by atoms with Gasteiger partial charge in [0.25, 0.3) is 0 Å². The zero-order chi connectivity index (χ0) is 14.5. The van der Waals surface area contributed by atoms with E-state index in [4.69, 9.17) is 9.47 Å². The van der Waals surface area contributed by atoms with E-state index in [9.17, 15) is 0 Å². The number of ether oxygens (including phenoxy) is 2. The van der Waals surface area contributed by atoms with E-state index in [-0.39, 0.29) is 0 Å². The molecule has 1 N–H and O–H groups in total. The molecule has 20 heavy (non-hydrogen) atoms. The highest BCUT2D eigenvalue weighted by Crippen LogP contribution is 2.30. The Hall–Kier alpha value is -1.20. The van der Waals surface area contributed by atoms with Gasteiger partial charge in [-0.1, -0.05) is 6.07 Å². The number of methoxy groups -OCH3 is 2. The Kier molecular flexibility index (Phi) is 5.31. The summed E-state index contributed by atoms with van der Waals surface area (Å²) in [5.41, 5.74) is 2.18. The monoisotopic (exact) mass is 399 g/mol. The maximum atomic E-state index is 5.29. The van der Waals surface area contributed by atoms with Gasteiger partial charge in [0.05, 0.1) is 14.2 Å². The van der Waals surface area contributed by atoms with Crippen molar-refractivity contribution in [2.24, 2.45) is 0 Å².